The molecule has 0 aromatic heterocycles. The minimum absolute atomic E-state index is 0.0597. The number of amides is 1. The van der Waals surface area contributed by atoms with Gasteiger partial charge in [0.15, 0.2) is 0 Å². The quantitative estimate of drug-likeness (QED) is 0.549. The highest BCUT2D eigenvalue weighted by atomic mass is 16.4. The highest BCUT2D eigenvalue weighted by Crippen LogP contribution is 2.07. The van der Waals surface area contributed by atoms with Crippen molar-refractivity contribution in [1.29, 1.82) is 0 Å². The Morgan fingerprint density at radius 2 is 1.83 bits per heavy atom. The second-order valence-electron chi connectivity index (χ2n) is 4.46. The van der Waals surface area contributed by atoms with Crippen LogP contribution in [0.4, 0.5) is 0 Å². The zero-order valence-electron chi connectivity index (χ0n) is 10.6. The van der Waals surface area contributed by atoms with Gasteiger partial charge in [0.1, 0.15) is 0 Å². The van der Waals surface area contributed by atoms with E-state index in [2.05, 4.69) is 5.92 Å². The maximum absolute atomic E-state index is 11.8. The molecule has 0 saturated carbocycles. The van der Waals surface area contributed by atoms with Crippen molar-refractivity contribution in [2.24, 2.45) is 0 Å². The van der Waals surface area contributed by atoms with E-state index in [9.17, 15) is 9.59 Å². The fourth-order valence-electron chi connectivity index (χ4n) is 2.01. The zero-order chi connectivity index (χ0) is 13.4. The molecule has 100 valence electrons. The molecule has 1 fully saturated rings. The van der Waals surface area contributed by atoms with Gasteiger partial charge in [0.05, 0.1) is 6.54 Å². The molecule has 5 heteroatoms. The molecule has 0 aromatic rings. The lowest BCUT2D eigenvalue weighted by Gasteiger charge is -2.33. The average molecular weight is 252 g/mol. The summed E-state index contributed by atoms with van der Waals surface area (Å²) in [6.07, 6.45) is 8.13. The Balaban J connectivity index is 2.19. The van der Waals surface area contributed by atoms with Gasteiger partial charge < -0.3 is 10.0 Å². The number of carboxylic acids is 1. The van der Waals surface area contributed by atoms with E-state index < -0.39 is 5.97 Å². The summed E-state index contributed by atoms with van der Waals surface area (Å²) in [5.41, 5.74) is 0. The molecule has 0 radical (unpaired) electrons. The fourth-order valence-corrected chi connectivity index (χ4v) is 2.01. The van der Waals surface area contributed by atoms with Crippen LogP contribution in [0.1, 0.15) is 25.7 Å². The Labute approximate surface area is 108 Å². The van der Waals surface area contributed by atoms with Gasteiger partial charge in [0, 0.05) is 39.0 Å². The Hall–Kier alpha value is -1.54. The number of carbonyl (C=O) groups is 2. The van der Waals surface area contributed by atoms with Crippen molar-refractivity contribution in [3.05, 3.63) is 0 Å². The lowest BCUT2D eigenvalue weighted by atomic mass is 10.1. The molecule has 0 aliphatic carbocycles. The predicted molar refractivity (Wildman–Crippen MR) is 68.0 cm³/mol. The van der Waals surface area contributed by atoms with Crippen molar-refractivity contribution >= 4 is 11.9 Å². The zero-order valence-corrected chi connectivity index (χ0v) is 10.6. The second-order valence-corrected chi connectivity index (χ2v) is 4.46. The summed E-state index contributed by atoms with van der Waals surface area (Å²) in [6, 6.07) is 0. The van der Waals surface area contributed by atoms with Crippen LogP contribution in [-0.2, 0) is 9.59 Å². The van der Waals surface area contributed by atoms with Gasteiger partial charge in [-0.05, 0) is 12.8 Å². The van der Waals surface area contributed by atoms with Crippen molar-refractivity contribution in [3.63, 3.8) is 0 Å². The summed E-state index contributed by atoms with van der Waals surface area (Å²) in [4.78, 5) is 26.0. The Bertz CT molecular complexity index is 328. The average Bonchev–Trinajstić information content (AvgIpc) is 2.34. The van der Waals surface area contributed by atoms with Crippen LogP contribution in [0.2, 0.25) is 0 Å². The third-order valence-electron chi connectivity index (χ3n) is 3.05. The van der Waals surface area contributed by atoms with Crippen LogP contribution in [0.3, 0.4) is 0 Å². The first-order chi connectivity index (χ1) is 8.63. The van der Waals surface area contributed by atoms with E-state index in [0.717, 1.165) is 19.3 Å². The first-order valence-electron chi connectivity index (χ1n) is 6.29. The fraction of sp³-hybridized carbons (Fsp3) is 0.692. The topological polar surface area (TPSA) is 60.9 Å². The number of unbranched alkanes of at least 4 members (excludes halogenated alkanes) is 2. The SMILES string of the molecule is C#CCCCCC(=O)N1CCN(CC(=O)O)CC1. The van der Waals surface area contributed by atoms with Gasteiger partial charge in [0.25, 0.3) is 0 Å². The Kier molecular flexibility index (Phi) is 6.23. The van der Waals surface area contributed by atoms with Crippen molar-refractivity contribution < 1.29 is 14.7 Å². The molecule has 0 unspecified atom stereocenters. The van der Waals surface area contributed by atoms with E-state index in [1.807, 2.05) is 9.80 Å². The van der Waals surface area contributed by atoms with E-state index in [4.69, 9.17) is 11.5 Å². The maximum Gasteiger partial charge on any atom is 0.317 e. The summed E-state index contributed by atoms with van der Waals surface area (Å²) in [6.45, 7) is 2.59. The number of carboxylic acid groups (broad SMARTS) is 1. The Morgan fingerprint density at radius 3 is 2.39 bits per heavy atom. The lowest BCUT2D eigenvalue weighted by Crippen LogP contribution is -2.49. The van der Waals surface area contributed by atoms with Gasteiger partial charge in [-0.3, -0.25) is 14.5 Å². The van der Waals surface area contributed by atoms with E-state index in [1.165, 1.54) is 0 Å². The monoisotopic (exact) mass is 252 g/mol. The number of carbonyl (C=O) groups excluding carboxylic acids is 1. The molecule has 0 aromatic carbocycles. The molecular weight excluding hydrogens is 232 g/mol. The van der Waals surface area contributed by atoms with E-state index >= 15 is 0 Å². The van der Waals surface area contributed by atoms with Crippen molar-refractivity contribution in [2.75, 3.05) is 32.7 Å². The van der Waals surface area contributed by atoms with E-state index in [1.54, 1.807) is 0 Å². The minimum atomic E-state index is -0.816. The predicted octanol–water partition coefficient (Wildman–Crippen LogP) is 0.409. The molecule has 1 saturated heterocycles. The number of terminal acetylenes is 1. The van der Waals surface area contributed by atoms with Gasteiger partial charge in [-0.15, -0.1) is 12.3 Å². The smallest absolute Gasteiger partial charge is 0.317 e. The molecule has 1 heterocycles. The van der Waals surface area contributed by atoms with Gasteiger partial charge in [-0.25, -0.2) is 0 Å². The maximum atomic E-state index is 11.8. The molecular formula is C13H20N2O3. The van der Waals surface area contributed by atoms with Crippen LogP contribution >= 0.6 is 0 Å². The molecule has 1 amide bonds. The number of hydrogen-bond acceptors (Lipinski definition) is 3. The largest absolute Gasteiger partial charge is 0.480 e. The molecule has 0 spiro atoms. The van der Waals surface area contributed by atoms with Gasteiger partial charge in [0.2, 0.25) is 5.91 Å². The van der Waals surface area contributed by atoms with Crippen molar-refractivity contribution in [2.45, 2.75) is 25.7 Å². The first kappa shape index (κ1) is 14.5. The summed E-state index contributed by atoms with van der Waals surface area (Å²) < 4.78 is 0. The third-order valence-corrected chi connectivity index (χ3v) is 3.05. The number of nitrogens with zero attached hydrogens (tertiary/aromatic N) is 2. The summed E-state index contributed by atoms with van der Waals surface area (Å²) in [5, 5.41) is 8.67. The summed E-state index contributed by atoms with van der Waals surface area (Å²) >= 11 is 0. The second kappa shape index (κ2) is 7.72. The van der Waals surface area contributed by atoms with Crippen LogP contribution < -0.4 is 0 Å². The van der Waals surface area contributed by atoms with Crippen LogP contribution in [0.15, 0.2) is 0 Å². The number of piperazine rings is 1. The van der Waals surface area contributed by atoms with Crippen LogP contribution in [0, 0.1) is 12.3 Å². The van der Waals surface area contributed by atoms with E-state index in [0.29, 0.717) is 32.6 Å². The number of aliphatic carboxylic acids is 1. The van der Waals surface area contributed by atoms with Gasteiger partial charge in [-0.1, -0.05) is 0 Å². The molecule has 0 atom stereocenters. The highest BCUT2D eigenvalue weighted by Gasteiger charge is 2.21. The summed E-state index contributed by atoms with van der Waals surface area (Å²) in [5.74, 6) is 1.90. The van der Waals surface area contributed by atoms with Crippen LogP contribution in [0.5, 0.6) is 0 Å². The molecule has 1 aliphatic heterocycles. The minimum Gasteiger partial charge on any atom is -0.480 e. The molecule has 18 heavy (non-hydrogen) atoms. The standard InChI is InChI=1S/C13H20N2O3/c1-2-3-4-5-6-12(16)15-9-7-14(8-10-15)11-13(17)18/h1H,3-11H2,(H,17,18). The Morgan fingerprint density at radius 1 is 1.17 bits per heavy atom. The number of rotatable bonds is 6. The first-order valence-corrected chi connectivity index (χ1v) is 6.29. The van der Waals surface area contributed by atoms with Crippen molar-refractivity contribution in [3.8, 4) is 12.3 Å². The molecule has 1 aliphatic rings. The van der Waals surface area contributed by atoms with Crippen molar-refractivity contribution in [1.82, 2.24) is 9.80 Å². The summed E-state index contributed by atoms with van der Waals surface area (Å²) in [7, 11) is 0. The molecule has 0 bridgehead atoms. The normalized spacial score (nSPS) is 16.3. The third kappa shape index (κ3) is 5.19. The van der Waals surface area contributed by atoms with Gasteiger partial charge in [-0.2, -0.15) is 0 Å². The lowest BCUT2D eigenvalue weighted by molar-refractivity contribution is -0.139. The number of hydrogen-bond donors (Lipinski definition) is 1. The van der Waals surface area contributed by atoms with Crippen LogP contribution in [0.25, 0.3) is 0 Å². The molecule has 5 nitrogen and oxygen atoms in total. The van der Waals surface area contributed by atoms with E-state index in [-0.39, 0.29) is 12.5 Å². The highest BCUT2D eigenvalue weighted by molar-refractivity contribution is 5.76. The van der Waals surface area contributed by atoms with Crippen LogP contribution in [-0.4, -0.2) is 59.5 Å². The molecule has 1 N–H and O–H groups in total. The van der Waals surface area contributed by atoms with Gasteiger partial charge >= 0.3 is 5.97 Å². The molecule has 1 rings (SSSR count).